The highest BCUT2D eigenvalue weighted by Gasteiger charge is 2.32. The molecule has 0 N–H and O–H groups in total. The molecule has 1 aliphatic heterocycles. The summed E-state index contributed by atoms with van der Waals surface area (Å²) in [4.78, 5) is 23.0. The van der Waals surface area contributed by atoms with Gasteiger partial charge in [-0.1, -0.05) is 0 Å². The minimum atomic E-state index is -0.208. The van der Waals surface area contributed by atoms with Crippen LogP contribution >= 0.6 is 0 Å². The van der Waals surface area contributed by atoms with E-state index in [2.05, 4.69) is 9.97 Å². The zero-order valence-electron chi connectivity index (χ0n) is 16.3. The Labute approximate surface area is 163 Å². The van der Waals surface area contributed by atoms with Crippen LogP contribution in [0.2, 0.25) is 0 Å². The average Bonchev–Trinajstić information content (AvgIpc) is 3.20. The SMILES string of the molecule is COc1ccc(C(=O)N2CCC(Oc3nccnc3OC)C2)c(OC)c1OC. The summed E-state index contributed by atoms with van der Waals surface area (Å²) in [5, 5.41) is 0. The summed E-state index contributed by atoms with van der Waals surface area (Å²) in [6.45, 7) is 0.958. The molecule has 1 saturated heterocycles. The Morgan fingerprint density at radius 3 is 2.32 bits per heavy atom. The molecule has 150 valence electrons. The quantitative estimate of drug-likeness (QED) is 0.708. The largest absolute Gasteiger partial charge is 0.493 e. The maximum Gasteiger partial charge on any atom is 0.278 e. The lowest BCUT2D eigenvalue weighted by Gasteiger charge is -2.20. The van der Waals surface area contributed by atoms with Crippen LogP contribution in [-0.4, -0.2) is 68.4 Å². The highest BCUT2D eigenvalue weighted by atomic mass is 16.5. The fourth-order valence-corrected chi connectivity index (χ4v) is 3.14. The maximum absolute atomic E-state index is 13.1. The lowest BCUT2D eigenvalue weighted by atomic mass is 10.1. The molecular formula is C19H23N3O6. The summed E-state index contributed by atoms with van der Waals surface area (Å²) in [7, 11) is 6.03. The summed E-state index contributed by atoms with van der Waals surface area (Å²) in [6.07, 6.45) is 3.52. The molecule has 9 heteroatoms. The Balaban J connectivity index is 1.76. The number of hydrogen-bond acceptors (Lipinski definition) is 8. The number of carbonyl (C=O) groups excluding carboxylic acids is 1. The number of benzene rings is 1. The van der Waals surface area contributed by atoms with Crippen LogP contribution in [0.4, 0.5) is 0 Å². The molecule has 1 aromatic heterocycles. The summed E-state index contributed by atoms with van der Waals surface area (Å²) in [6, 6.07) is 3.35. The van der Waals surface area contributed by atoms with E-state index in [1.54, 1.807) is 17.0 Å². The molecule has 1 amide bonds. The van der Waals surface area contributed by atoms with Crippen LogP contribution in [0.25, 0.3) is 0 Å². The van der Waals surface area contributed by atoms with E-state index in [1.807, 2.05) is 0 Å². The van der Waals surface area contributed by atoms with Gasteiger partial charge in [-0.2, -0.15) is 0 Å². The van der Waals surface area contributed by atoms with E-state index < -0.39 is 0 Å². The van der Waals surface area contributed by atoms with Gasteiger partial charge in [-0.15, -0.1) is 0 Å². The topological polar surface area (TPSA) is 92.2 Å². The van der Waals surface area contributed by atoms with Crippen molar-refractivity contribution in [2.45, 2.75) is 12.5 Å². The van der Waals surface area contributed by atoms with Gasteiger partial charge in [0.05, 0.1) is 40.5 Å². The third kappa shape index (κ3) is 3.73. The lowest BCUT2D eigenvalue weighted by molar-refractivity contribution is 0.0766. The Morgan fingerprint density at radius 1 is 0.964 bits per heavy atom. The highest BCUT2D eigenvalue weighted by Crippen LogP contribution is 2.40. The molecule has 0 saturated carbocycles. The number of carbonyl (C=O) groups is 1. The van der Waals surface area contributed by atoms with E-state index in [9.17, 15) is 4.79 Å². The zero-order chi connectivity index (χ0) is 20.1. The first kappa shape index (κ1) is 19.5. The van der Waals surface area contributed by atoms with E-state index >= 15 is 0 Å². The predicted molar refractivity (Wildman–Crippen MR) is 99.6 cm³/mol. The molecule has 1 atom stereocenters. The van der Waals surface area contributed by atoms with Crippen molar-refractivity contribution in [2.75, 3.05) is 41.5 Å². The molecule has 1 aliphatic rings. The summed E-state index contributed by atoms with van der Waals surface area (Å²) < 4.78 is 27.1. The van der Waals surface area contributed by atoms with Crippen LogP contribution < -0.4 is 23.7 Å². The minimum absolute atomic E-state index is 0.171. The van der Waals surface area contributed by atoms with Gasteiger partial charge < -0.3 is 28.6 Å². The van der Waals surface area contributed by atoms with Crippen molar-refractivity contribution < 1.29 is 28.5 Å². The van der Waals surface area contributed by atoms with Gasteiger partial charge in [0.15, 0.2) is 11.5 Å². The predicted octanol–water partition coefficient (Wildman–Crippen LogP) is 1.80. The van der Waals surface area contributed by atoms with Gasteiger partial charge in [-0.05, 0) is 12.1 Å². The molecule has 1 unspecified atom stereocenters. The Hall–Kier alpha value is -3.23. The second-order valence-electron chi connectivity index (χ2n) is 6.03. The highest BCUT2D eigenvalue weighted by molar-refractivity contribution is 5.98. The Bertz CT molecular complexity index is 844. The molecule has 28 heavy (non-hydrogen) atoms. The van der Waals surface area contributed by atoms with E-state index in [4.69, 9.17) is 23.7 Å². The normalized spacial score (nSPS) is 15.9. The number of methoxy groups -OCH3 is 4. The molecular weight excluding hydrogens is 366 g/mol. The molecule has 0 aliphatic carbocycles. The number of likely N-dealkylation sites (tertiary alicyclic amines) is 1. The van der Waals surface area contributed by atoms with Gasteiger partial charge in [-0.3, -0.25) is 4.79 Å². The van der Waals surface area contributed by atoms with Crippen LogP contribution in [0.3, 0.4) is 0 Å². The number of ether oxygens (including phenoxy) is 5. The van der Waals surface area contributed by atoms with E-state index in [-0.39, 0.29) is 12.0 Å². The second kappa shape index (κ2) is 8.64. The van der Waals surface area contributed by atoms with Gasteiger partial charge in [0, 0.05) is 25.4 Å². The molecule has 3 rings (SSSR count). The number of aromatic nitrogens is 2. The Morgan fingerprint density at radius 2 is 1.68 bits per heavy atom. The molecule has 1 fully saturated rings. The van der Waals surface area contributed by atoms with Gasteiger partial charge in [0.2, 0.25) is 5.75 Å². The molecule has 1 aromatic carbocycles. The van der Waals surface area contributed by atoms with Crippen molar-refractivity contribution in [1.29, 1.82) is 0 Å². The monoisotopic (exact) mass is 389 g/mol. The standard InChI is InChI=1S/C19H23N3O6/c1-24-14-6-5-13(15(25-2)16(14)26-3)19(23)22-10-7-12(11-22)28-18-17(27-4)20-8-9-21-18/h5-6,8-9,12H,7,10-11H2,1-4H3. The first-order valence-electron chi connectivity index (χ1n) is 8.72. The van der Waals surface area contributed by atoms with Crippen LogP contribution in [0.5, 0.6) is 29.0 Å². The van der Waals surface area contributed by atoms with E-state index in [0.29, 0.717) is 54.1 Å². The third-order valence-corrected chi connectivity index (χ3v) is 4.47. The van der Waals surface area contributed by atoms with E-state index in [1.165, 1.54) is 40.8 Å². The van der Waals surface area contributed by atoms with Gasteiger partial charge in [0.25, 0.3) is 17.7 Å². The molecule has 9 nitrogen and oxygen atoms in total. The van der Waals surface area contributed by atoms with Crippen molar-refractivity contribution in [3.63, 3.8) is 0 Å². The fourth-order valence-electron chi connectivity index (χ4n) is 3.14. The van der Waals surface area contributed by atoms with Crippen LogP contribution in [0, 0.1) is 0 Å². The smallest absolute Gasteiger partial charge is 0.278 e. The van der Waals surface area contributed by atoms with Crippen LogP contribution in [0.1, 0.15) is 16.8 Å². The molecule has 0 bridgehead atoms. The third-order valence-electron chi connectivity index (χ3n) is 4.47. The van der Waals surface area contributed by atoms with Crippen molar-refractivity contribution in [1.82, 2.24) is 14.9 Å². The van der Waals surface area contributed by atoms with Crippen molar-refractivity contribution in [3.05, 3.63) is 30.1 Å². The summed E-state index contributed by atoms with van der Waals surface area (Å²) in [5.74, 6) is 1.67. The van der Waals surface area contributed by atoms with Crippen LogP contribution in [0.15, 0.2) is 24.5 Å². The molecule has 2 heterocycles. The van der Waals surface area contributed by atoms with Crippen molar-refractivity contribution in [2.24, 2.45) is 0 Å². The fraction of sp³-hybridized carbons (Fsp3) is 0.421. The first-order valence-corrected chi connectivity index (χ1v) is 8.72. The molecule has 2 aromatic rings. The summed E-state index contributed by atoms with van der Waals surface area (Å²) >= 11 is 0. The number of hydrogen-bond donors (Lipinski definition) is 0. The zero-order valence-corrected chi connectivity index (χ0v) is 16.3. The van der Waals surface area contributed by atoms with Crippen LogP contribution in [-0.2, 0) is 0 Å². The lowest BCUT2D eigenvalue weighted by Crippen LogP contribution is -2.31. The summed E-state index contributed by atoms with van der Waals surface area (Å²) in [5.41, 5.74) is 0.401. The molecule has 0 spiro atoms. The van der Waals surface area contributed by atoms with Gasteiger partial charge in [-0.25, -0.2) is 9.97 Å². The average molecular weight is 389 g/mol. The second-order valence-corrected chi connectivity index (χ2v) is 6.03. The first-order chi connectivity index (χ1) is 13.6. The van der Waals surface area contributed by atoms with Crippen molar-refractivity contribution >= 4 is 5.91 Å². The number of amides is 1. The van der Waals surface area contributed by atoms with E-state index in [0.717, 1.165) is 0 Å². The van der Waals surface area contributed by atoms with Crippen molar-refractivity contribution in [3.8, 4) is 29.0 Å². The number of nitrogens with zero attached hydrogens (tertiary/aromatic N) is 3. The van der Waals surface area contributed by atoms with Gasteiger partial charge in [0.1, 0.15) is 6.10 Å². The van der Waals surface area contributed by atoms with Gasteiger partial charge >= 0.3 is 0 Å². The Kier molecular flexibility index (Phi) is 6.03. The molecule has 0 radical (unpaired) electrons. The minimum Gasteiger partial charge on any atom is -0.493 e. The maximum atomic E-state index is 13.1. The number of rotatable bonds is 7.